The number of rotatable bonds is 2. The number of hydrogen-bond acceptors (Lipinski definition) is 6. The molecule has 2 aliphatic rings. The van der Waals surface area contributed by atoms with Gasteiger partial charge in [-0.3, -0.25) is 4.79 Å². The summed E-state index contributed by atoms with van der Waals surface area (Å²) < 4.78 is 16.3. The zero-order valence-electron chi connectivity index (χ0n) is 12.8. The number of amides is 1. The Hall–Kier alpha value is -2.57. The Balaban J connectivity index is 1.66. The quantitative estimate of drug-likeness (QED) is 0.845. The molecule has 2 aliphatic heterocycles. The maximum absolute atomic E-state index is 13.0. The number of aryl methyl sites for hydroxylation is 1. The van der Waals surface area contributed by atoms with Crippen molar-refractivity contribution in [1.29, 1.82) is 0 Å². The Morgan fingerprint density at radius 1 is 1.30 bits per heavy atom. The van der Waals surface area contributed by atoms with Crippen molar-refractivity contribution in [1.82, 2.24) is 15.0 Å². The fourth-order valence-corrected chi connectivity index (χ4v) is 3.13. The summed E-state index contributed by atoms with van der Waals surface area (Å²) in [7, 11) is 0. The number of nitrogens with zero attached hydrogens (tertiary/aromatic N) is 3. The predicted octanol–water partition coefficient (Wildman–Crippen LogP) is 2.13. The Morgan fingerprint density at radius 3 is 3.00 bits per heavy atom. The van der Waals surface area contributed by atoms with Crippen LogP contribution in [0, 0.1) is 6.92 Å². The Morgan fingerprint density at radius 2 is 2.17 bits per heavy atom. The number of ether oxygens (including phenoxy) is 2. The van der Waals surface area contributed by atoms with Gasteiger partial charge in [0.15, 0.2) is 17.3 Å². The minimum atomic E-state index is -0.152. The van der Waals surface area contributed by atoms with E-state index in [4.69, 9.17) is 14.0 Å². The summed E-state index contributed by atoms with van der Waals surface area (Å²) in [5.74, 6) is 2.13. The standard InChI is InChI=1S/C16H17N3O4/c1-10-17-15(18-23-10)12-5-3-7-19(12)16(20)11-4-2-6-13-14(11)22-9-8-21-13/h2,4,6,12H,3,5,7-9H2,1H3/t12-/m0/s1. The van der Waals surface area contributed by atoms with Gasteiger partial charge in [0.05, 0.1) is 11.6 Å². The second-order valence-electron chi connectivity index (χ2n) is 5.66. The van der Waals surface area contributed by atoms with E-state index in [9.17, 15) is 4.79 Å². The molecule has 0 radical (unpaired) electrons. The molecule has 0 bridgehead atoms. The van der Waals surface area contributed by atoms with Crippen molar-refractivity contribution in [2.45, 2.75) is 25.8 Å². The maximum Gasteiger partial charge on any atom is 0.258 e. The fraction of sp³-hybridized carbons (Fsp3) is 0.438. The molecule has 0 spiro atoms. The molecule has 0 unspecified atom stereocenters. The molecule has 23 heavy (non-hydrogen) atoms. The average Bonchev–Trinajstić information content (AvgIpc) is 3.22. The van der Waals surface area contributed by atoms with Gasteiger partial charge >= 0.3 is 0 Å². The number of aromatic nitrogens is 2. The van der Waals surface area contributed by atoms with Gasteiger partial charge in [0.2, 0.25) is 5.89 Å². The summed E-state index contributed by atoms with van der Waals surface area (Å²) in [6.07, 6.45) is 1.74. The summed E-state index contributed by atoms with van der Waals surface area (Å²) >= 11 is 0. The first kappa shape index (κ1) is 14.0. The van der Waals surface area contributed by atoms with E-state index in [1.54, 1.807) is 17.9 Å². The molecule has 4 rings (SSSR count). The molecule has 1 fully saturated rings. The van der Waals surface area contributed by atoms with Gasteiger partial charge in [-0.1, -0.05) is 11.2 Å². The Labute approximate surface area is 133 Å². The van der Waals surface area contributed by atoms with Gasteiger partial charge in [0.25, 0.3) is 5.91 Å². The van der Waals surface area contributed by atoms with E-state index in [1.165, 1.54) is 0 Å². The number of carbonyl (C=O) groups excluding carboxylic acids is 1. The molecule has 0 saturated carbocycles. The molecule has 7 nitrogen and oxygen atoms in total. The van der Waals surface area contributed by atoms with Crippen molar-refractivity contribution in [3.8, 4) is 11.5 Å². The van der Waals surface area contributed by atoms with Crippen molar-refractivity contribution >= 4 is 5.91 Å². The van der Waals surface area contributed by atoms with Gasteiger partial charge in [-0.15, -0.1) is 0 Å². The molecule has 2 aromatic rings. The number of likely N-dealkylation sites (tertiary alicyclic amines) is 1. The highest BCUT2D eigenvalue weighted by molar-refractivity contribution is 5.98. The smallest absolute Gasteiger partial charge is 0.258 e. The average molecular weight is 315 g/mol. The van der Waals surface area contributed by atoms with E-state index in [-0.39, 0.29) is 11.9 Å². The van der Waals surface area contributed by atoms with Crippen LogP contribution >= 0.6 is 0 Å². The van der Waals surface area contributed by atoms with E-state index in [0.29, 0.717) is 48.5 Å². The molecule has 1 aromatic heterocycles. The highest BCUT2D eigenvalue weighted by Crippen LogP contribution is 2.37. The van der Waals surface area contributed by atoms with Gasteiger partial charge in [0, 0.05) is 13.5 Å². The monoisotopic (exact) mass is 315 g/mol. The van der Waals surface area contributed by atoms with Gasteiger partial charge in [-0.25, -0.2) is 0 Å². The topological polar surface area (TPSA) is 77.7 Å². The van der Waals surface area contributed by atoms with Crippen LogP contribution in [0.4, 0.5) is 0 Å². The molecule has 0 N–H and O–H groups in total. The summed E-state index contributed by atoms with van der Waals surface area (Å²) in [6, 6.07) is 5.24. The molecular formula is C16H17N3O4. The van der Waals surface area contributed by atoms with Crippen molar-refractivity contribution in [3.05, 3.63) is 35.5 Å². The van der Waals surface area contributed by atoms with Crippen molar-refractivity contribution in [2.24, 2.45) is 0 Å². The minimum Gasteiger partial charge on any atom is -0.486 e. The molecule has 0 aliphatic carbocycles. The minimum absolute atomic E-state index is 0.0858. The highest BCUT2D eigenvalue weighted by atomic mass is 16.6. The second kappa shape index (κ2) is 5.57. The first-order chi connectivity index (χ1) is 11.2. The third-order valence-corrected chi connectivity index (χ3v) is 4.15. The molecule has 7 heteroatoms. The lowest BCUT2D eigenvalue weighted by molar-refractivity contribution is 0.0718. The summed E-state index contributed by atoms with van der Waals surface area (Å²) in [5, 5.41) is 3.98. The van der Waals surface area contributed by atoms with Crippen molar-refractivity contribution in [3.63, 3.8) is 0 Å². The molecule has 1 aromatic carbocycles. The van der Waals surface area contributed by atoms with Gasteiger partial charge in [0.1, 0.15) is 13.2 Å². The third-order valence-electron chi connectivity index (χ3n) is 4.15. The van der Waals surface area contributed by atoms with Gasteiger partial charge in [-0.2, -0.15) is 4.98 Å². The summed E-state index contributed by atoms with van der Waals surface area (Å²) in [4.78, 5) is 19.1. The lowest BCUT2D eigenvalue weighted by atomic mass is 10.1. The molecule has 3 heterocycles. The molecule has 1 atom stereocenters. The molecular weight excluding hydrogens is 298 g/mol. The highest BCUT2D eigenvalue weighted by Gasteiger charge is 2.35. The van der Waals surface area contributed by atoms with Crippen molar-refractivity contribution in [2.75, 3.05) is 19.8 Å². The number of hydrogen-bond donors (Lipinski definition) is 0. The van der Waals surface area contributed by atoms with E-state index in [0.717, 1.165) is 12.8 Å². The number of fused-ring (bicyclic) bond motifs is 1. The van der Waals surface area contributed by atoms with E-state index in [2.05, 4.69) is 10.1 Å². The lowest BCUT2D eigenvalue weighted by Gasteiger charge is -2.25. The van der Waals surface area contributed by atoms with Crippen LogP contribution in [0.1, 0.15) is 41.0 Å². The molecule has 1 saturated heterocycles. The summed E-state index contributed by atoms with van der Waals surface area (Å²) in [5.41, 5.74) is 0.523. The third kappa shape index (κ3) is 2.42. The van der Waals surface area contributed by atoms with E-state index in [1.807, 2.05) is 12.1 Å². The van der Waals surface area contributed by atoms with E-state index < -0.39 is 0 Å². The van der Waals surface area contributed by atoms with Crippen LogP contribution < -0.4 is 9.47 Å². The number of para-hydroxylation sites is 1. The fourth-order valence-electron chi connectivity index (χ4n) is 3.13. The van der Waals surface area contributed by atoms with Crippen molar-refractivity contribution < 1.29 is 18.8 Å². The first-order valence-electron chi connectivity index (χ1n) is 7.74. The van der Waals surface area contributed by atoms with E-state index >= 15 is 0 Å². The normalized spacial score (nSPS) is 19.9. The second-order valence-corrected chi connectivity index (χ2v) is 5.66. The van der Waals surface area contributed by atoms with Crippen LogP contribution in [0.3, 0.4) is 0 Å². The number of carbonyl (C=O) groups is 1. The molecule has 1 amide bonds. The summed E-state index contributed by atoms with van der Waals surface area (Å²) in [6.45, 7) is 3.36. The van der Waals surface area contributed by atoms with Gasteiger partial charge in [-0.05, 0) is 25.0 Å². The molecule has 120 valence electrons. The van der Waals surface area contributed by atoms with Crippen LogP contribution in [0.15, 0.2) is 22.7 Å². The predicted molar refractivity (Wildman–Crippen MR) is 79.5 cm³/mol. The van der Waals surface area contributed by atoms with Crippen LogP contribution in [-0.2, 0) is 0 Å². The largest absolute Gasteiger partial charge is 0.486 e. The van der Waals surface area contributed by atoms with Crippen LogP contribution in [-0.4, -0.2) is 40.7 Å². The van der Waals surface area contributed by atoms with Crippen LogP contribution in [0.25, 0.3) is 0 Å². The SMILES string of the molecule is Cc1nc([C@@H]2CCCN2C(=O)c2cccc3c2OCCO3)no1. The zero-order chi connectivity index (χ0) is 15.8. The van der Waals surface area contributed by atoms with Crippen LogP contribution in [0.5, 0.6) is 11.5 Å². The lowest BCUT2D eigenvalue weighted by Crippen LogP contribution is -2.32. The van der Waals surface area contributed by atoms with Crippen LogP contribution in [0.2, 0.25) is 0 Å². The Kier molecular flexibility index (Phi) is 3.40. The van der Waals surface area contributed by atoms with Gasteiger partial charge < -0.3 is 18.9 Å². The Bertz CT molecular complexity index is 743. The zero-order valence-corrected chi connectivity index (χ0v) is 12.8. The number of benzene rings is 1. The first-order valence-corrected chi connectivity index (χ1v) is 7.74. The maximum atomic E-state index is 13.0.